The highest BCUT2D eigenvalue weighted by molar-refractivity contribution is 7.72. The Morgan fingerprint density at radius 3 is 1.81 bits per heavy atom. The van der Waals surface area contributed by atoms with E-state index in [1.54, 1.807) is 6.92 Å². The van der Waals surface area contributed by atoms with E-state index in [1.165, 1.54) is 5.56 Å². The van der Waals surface area contributed by atoms with Crippen LogP contribution in [0.4, 0.5) is 0 Å². The average molecular weight is 468 g/mol. The molecule has 182 valence electrons. The molecule has 0 spiro atoms. The van der Waals surface area contributed by atoms with Gasteiger partial charge in [0.1, 0.15) is 18.6 Å². The maximum absolute atomic E-state index is 13.1. The molecule has 32 heavy (non-hydrogen) atoms. The smallest absolute Gasteiger partial charge is 0.317 e. The van der Waals surface area contributed by atoms with Gasteiger partial charge >= 0.3 is 11.9 Å². The summed E-state index contributed by atoms with van der Waals surface area (Å²) in [5.74, 6) is -0.763. The van der Waals surface area contributed by atoms with Crippen LogP contribution in [0, 0.1) is 10.8 Å². The Labute approximate surface area is 195 Å². The summed E-state index contributed by atoms with van der Waals surface area (Å²) in [6.07, 6.45) is 1.74. The van der Waals surface area contributed by atoms with Crippen LogP contribution in [0.5, 0.6) is 0 Å². The van der Waals surface area contributed by atoms with Crippen LogP contribution in [0.1, 0.15) is 66.0 Å². The number of hydrogen-bond acceptors (Lipinski definition) is 5. The number of benzene rings is 1. The maximum Gasteiger partial charge on any atom is 0.317 e. The van der Waals surface area contributed by atoms with Gasteiger partial charge in [-0.2, -0.15) is 0 Å². The van der Waals surface area contributed by atoms with Crippen molar-refractivity contribution in [3.8, 4) is 0 Å². The number of carbonyl (C=O) groups is 2. The van der Waals surface area contributed by atoms with Gasteiger partial charge in [-0.25, -0.2) is 0 Å². The Kier molecular flexibility index (Phi) is 9.93. The van der Waals surface area contributed by atoms with Crippen molar-refractivity contribution in [3.63, 3.8) is 0 Å². The molecular weight excluding hydrogens is 423 g/mol. The molecule has 0 heterocycles. The first kappa shape index (κ1) is 28.6. The summed E-state index contributed by atoms with van der Waals surface area (Å²) in [6, 6.07) is 8.21. The number of ether oxygens (including phenoxy) is 3. The van der Waals surface area contributed by atoms with Crippen molar-refractivity contribution in [2.45, 2.75) is 73.3 Å². The second-order valence-electron chi connectivity index (χ2n) is 11.6. The number of carbonyl (C=O) groups excluding carboxylic acids is 2. The predicted molar refractivity (Wildman–Crippen MR) is 133 cm³/mol. The van der Waals surface area contributed by atoms with Crippen LogP contribution in [0.3, 0.4) is 0 Å². The fourth-order valence-corrected chi connectivity index (χ4v) is 4.02. The monoisotopic (exact) mass is 467 g/mol. The van der Waals surface area contributed by atoms with Crippen LogP contribution >= 0.6 is 7.26 Å². The van der Waals surface area contributed by atoms with E-state index in [0.717, 1.165) is 11.7 Å². The molecule has 0 saturated carbocycles. The molecule has 5 nitrogen and oxygen atoms in total. The SMILES string of the molecule is CCC(C)(C)C(=O)OCC(C)(COC(C)(C)C)C(=O)OCc1ccc(C[P+](C)(C)C)cc1. The molecule has 0 aliphatic heterocycles. The van der Waals surface area contributed by atoms with E-state index in [9.17, 15) is 9.59 Å². The van der Waals surface area contributed by atoms with Gasteiger partial charge in [0.15, 0.2) is 0 Å². The molecule has 0 amide bonds. The number of rotatable bonds is 11. The van der Waals surface area contributed by atoms with E-state index < -0.39 is 29.7 Å². The summed E-state index contributed by atoms with van der Waals surface area (Å²) in [4.78, 5) is 25.5. The Morgan fingerprint density at radius 1 is 0.812 bits per heavy atom. The average Bonchev–Trinajstić information content (AvgIpc) is 2.68. The molecule has 1 unspecified atom stereocenters. The predicted octanol–water partition coefficient (Wildman–Crippen LogP) is 5.94. The van der Waals surface area contributed by atoms with Crippen molar-refractivity contribution in [2.75, 3.05) is 33.2 Å². The second-order valence-corrected chi connectivity index (χ2v) is 16.5. The highest BCUT2D eigenvalue weighted by Crippen LogP contribution is 2.49. The lowest BCUT2D eigenvalue weighted by atomic mass is 9.89. The third kappa shape index (κ3) is 10.0. The molecule has 1 aromatic carbocycles. The molecule has 0 aromatic heterocycles. The van der Waals surface area contributed by atoms with E-state index in [4.69, 9.17) is 14.2 Å². The Hall–Kier alpha value is -1.45. The lowest BCUT2D eigenvalue weighted by molar-refractivity contribution is -0.175. The minimum absolute atomic E-state index is 0.0849. The van der Waals surface area contributed by atoms with Crippen molar-refractivity contribution in [3.05, 3.63) is 35.4 Å². The first-order valence-corrected chi connectivity index (χ1v) is 14.7. The maximum atomic E-state index is 13.1. The van der Waals surface area contributed by atoms with E-state index in [-0.39, 0.29) is 25.8 Å². The molecule has 1 rings (SSSR count). The topological polar surface area (TPSA) is 61.8 Å². The first-order chi connectivity index (χ1) is 14.5. The van der Waals surface area contributed by atoms with Crippen LogP contribution < -0.4 is 0 Å². The van der Waals surface area contributed by atoms with Gasteiger partial charge < -0.3 is 14.2 Å². The minimum atomic E-state index is -1.09. The van der Waals surface area contributed by atoms with Gasteiger partial charge in [0.2, 0.25) is 0 Å². The Bertz CT molecular complexity index is 756. The van der Waals surface area contributed by atoms with Gasteiger partial charge in [-0.05, 0) is 59.1 Å². The van der Waals surface area contributed by atoms with Gasteiger partial charge in [0.25, 0.3) is 0 Å². The lowest BCUT2D eigenvalue weighted by Crippen LogP contribution is -2.43. The second kappa shape index (κ2) is 11.1. The van der Waals surface area contributed by atoms with E-state index in [1.807, 2.05) is 53.7 Å². The normalized spacial score (nSPS) is 14.6. The van der Waals surface area contributed by atoms with Crippen LogP contribution in [-0.4, -0.2) is 50.7 Å². The Balaban J connectivity index is 2.85. The molecule has 0 N–H and O–H groups in total. The zero-order chi connectivity index (χ0) is 24.8. The summed E-state index contributed by atoms with van der Waals surface area (Å²) < 4.78 is 17.1. The summed E-state index contributed by atoms with van der Waals surface area (Å²) in [5, 5.41) is 0. The molecular formula is C26H44O5P+. The van der Waals surface area contributed by atoms with Gasteiger partial charge in [-0.1, -0.05) is 31.2 Å². The van der Waals surface area contributed by atoms with Crippen LogP contribution in [-0.2, 0) is 36.6 Å². The van der Waals surface area contributed by atoms with Gasteiger partial charge in [-0.15, -0.1) is 0 Å². The van der Waals surface area contributed by atoms with Crippen LogP contribution in [0.2, 0.25) is 0 Å². The molecule has 0 fully saturated rings. The summed E-state index contributed by atoms with van der Waals surface area (Å²) in [6.45, 7) is 20.2. The van der Waals surface area contributed by atoms with E-state index >= 15 is 0 Å². The number of esters is 2. The van der Waals surface area contributed by atoms with Gasteiger partial charge in [-0.3, -0.25) is 9.59 Å². The van der Waals surface area contributed by atoms with E-state index in [0.29, 0.717) is 6.42 Å². The van der Waals surface area contributed by atoms with Crippen LogP contribution in [0.15, 0.2) is 24.3 Å². The highest BCUT2D eigenvalue weighted by atomic mass is 31.2. The summed E-state index contributed by atoms with van der Waals surface area (Å²) >= 11 is 0. The molecule has 6 heteroatoms. The Morgan fingerprint density at radius 2 is 1.34 bits per heavy atom. The fraction of sp³-hybridized carbons (Fsp3) is 0.692. The quantitative estimate of drug-likeness (QED) is 0.298. The standard InChI is InChI=1S/C26H44O5P/c1-11-25(5,6)22(27)30-18-26(7,19-31-24(2,3)4)23(28)29-16-20-12-14-21(15-13-20)17-32(8,9)10/h12-15H,11,16-19H2,1-10H3/q+1. The molecule has 1 aromatic rings. The molecule has 1 atom stereocenters. The first-order valence-electron chi connectivity index (χ1n) is 11.3. The summed E-state index contributed by atoms with van der Waals surface area (Å²) in [7, 11) is -0.899. The van der Waals surface area contributed by atoms with Crippen molar-refractivity contribution in [1.29, 1.82) is 0 Å². The van der Waals surface area contributed by atoms with Crippen LogP contribution in [0.25, 0.3) is 0 Å². The summed E-state index contributed by atoms with van der Waals surface area (Å²) in [5.41, 5.74) is 0.100. The van der Waals surface area contributed by atoms with Crippen molar-refractivity contribution in [1.82, 2.24) is 0 Å². The molecule has 0 bridgehead atoms. The van der Waals surface area contributed by atoms with Crippen molar-refractivity contribution < 1.29 is 23.8 Å². The van der Waals surface area contributed by atoms with Gasteiger partial charge in [0.05, 0.1) is 23.8 Å². The van der Waals surface area contributed by atoms with E-state index in [2.05, 4.69) is 32.1 Å². The third-order valence-corrected chi connectivity index (χ3v) is 6.64. The van der Waals surface area contributed by atoms with Crippen molar-refractivity contribution >= 4 is 19.2 Å². The fourth-order valence-electron chi connectivity index (χ4n) is 2.71. The minimum Gasteiger partial charge on any atom is -0.464 e. The number of hydrogen-bond donors (Lipinski definition) is 0. The largest absolute Gasteiger partial charge is 0.464 e. The third-order valence-electron chi connectivity index (χ3n) is 5.32. The van der Waals surface area contributed by atoms with Crippen molar-refractivity contribution in [2.24, 2.45) is 10.8 Å². The molecule has 0 saturated heterocycles. The molecule has 0 radical (unpaired) electrons. The molecule has 0 aliphatic rings. The highest BCUT2D eigenvalue weighted by Gasteiger charge is 2.40. The van der Waals surface area contributed by atoms with Gasteiger partial charge in [0, 0.05) is 27.3 Å². The molecule has 0 aliphatic carbocycles. The zero-order valence-electron chi connectivity index (χ0n) is 21.8. The lowest BCUT2D eigenvalue weighted by Gasteiger charge is -2.32. The zero-order valence-corrected chi connectivity index (χ0v) is 22.7.